The molecule has 15 heavy (non-hydrogen) atoms. The summed E-state index contributed by atoms with van der Waals surface area (Å²) in [6, 6.07) is 0. The van der Waals surface area contributed by atoms with Gasteiger partial charge >= 0.3 is 5.97 Å². The summed E-state index contributed by atoms with van der Waals surface area (Å²) >= 11 is 0. The molecule has 86 valence electrons. The van der Waals surface area contributed by atoms with Crippen LogP contribution in [0, 0.1) is 0 Å². The van der Waals surface area contributed by atoms with Crippen molar-refractivity contribution >= 4 is 11.9 Å². The van der Waals surface area contributed by atoms with Gasteiger partial charge in [-0.1, -0.05) is 0 Å². The van der Waals surface area contributed by atoms with Crippen molar-refractivity contribution < 1.29 is 14.3 Å². The van der Waals surface area contributed by atoms with Crippen molar-refractivity contribution in [3.05, 3.63) is 0 Å². The molecule has 0 aliphatic carbocycles. The minimum atomic E-state index is -1.31. The van der Waals surface area contributed by atoms with Gasteiger partial charge in [0.25, 0.3) is 0 Å². The summed E-state index contributed by atoms with van der Waals surface area (Å²) in [6.07, 6.45) is 1.17. The van der Waals surface area contributed by atoms with Crippen molar-refractivity contribution in [3.8, 4) is 0 Å². The highest BCUT2D eigenvalue weighted by atomic mass is 16.6. The van der Waals surface area contributed by atoms with Crippen molar-refractivity contribution in [2.75, 3.05) is 6.54 Å². The number of primary amides is 1. The fourth-order valence-electron chi connectivity index (χ4n) is 1.59. The van der Waals surface area contributed by atoms with Gasteiger partial charge in [-0.15, -0.1) is 0 Å². The number of carbonyl (C=O) groups excluding carboxylic acids is 2. The van der Waals surface area contributed by atoms with E-state index in [9.17, 15) is 9.59 Å². The number of nitrogens with one attached hydrogen (secondary N) is 1. The van der Waals surface area contributed by atoms with Crippen LogP contribution in [0.25, 0.3) is 0 Å². The molecular formula is C10H18N2O3. The van der Waals surface area contributed by atoms with Gasteiger partial charge in [-0.2, -0.15) is 0 Å². The average Bonchev–Trinajstić information content (AvgIpc) is 2.48. The number of ether oxygens (including phenoxy) is 1. The van der Waals surface area contributed by atoms with E-state index in [2.05, 4.69) is 5.32 Å². The molecule has 3 N–H and O–H groups in total. The molecule has 1 aliphatic rings. The second-order valence-electron chi connectivity index (χ2n) is 4.80. The van der Waals surface area contributed by atoms with E-state index in [1.54, 1.807) is 20.8 Å². The van der Waals surface area contributed by atoms with E-state index < -0.39 is 23.0 Å². The summed E-state index contributed by atoms with van der Waals surface area (Å²) in [7, 11) is 0. The lowest BCUT2D eigenvalue weighted by atomic mass is 9.96. The van der Waals surface area contributed by atoms with Crippen LogP contribution >= 0.6 is 0 Å². The molecule has 0 saturated carbocycles. The van der Waals surface area contributed by atoms with Crippen LogP contribution < -0.4 is 11.1 Å². The number of hydrogen-bond acceptors (Lipinski definition) is 4. The van der Waals surface area contributed by atoms with Gasteiger partial charge in [0.05, 0.1) is 0 Å². The predicted octanol–water partition coefficient (Wildman–Crippen LogP) is -0.0644. The van der Waals surface area contributed by atoms with Crippen molar-refractivity contribution in [1.82, 2.24) is 5.32 Å². The lowest BCUT2D eigenvalue weighted by molar-refractivity contribution is -0.164. The van der Waals surface area contributed by atoms with Crippen LogP contribution in [0.15, 0.2) is 0 Å². The third-order valence-electron chi connectivity index (χ3n) is 2.32. The maximum atomic E-state index is 11.8. The number of esters is 1. The highest BCUT2D eigenvalue weighted by Crippen LogP contribution is 2.23. The van der Waals surface area contributed by atoms with Gasteiger partial charge in [0.15, 0.2) is 5.54 Å². The molecule has 1 aliphatic heterocycles. The lowest BCUT2D eigenvalue weighted by Gasteiger charge is -2.28. The second kappa shape index (κ2) is 3.81. The Hall–Kier alpha value is -1.10. The van der Waals surface area contributed by atoms with E-state index in [-0.39, 0.29) is 0 Å². The molecule has 1 saturated heterocycles. The van der Waals surface area contributed by atoms with Crippen LogP contribution in [0.4, 0.5) is 0 Å². The third kappa shape index (κ3) is 2.47. The fourth-order valence-corrected chi connectivity index (χ4v) is 1.59. The first-order valence-corrected chi connectivity index (χ1v) is 5.06. The normalized spacial score (nSPS) is 26.3. The highest BCUT2D eigenvalue weighted by Gasteiger charge is 2.49. The number of amides is 1. The predicted molar refractivity (Wildman–Crippen MR) is 55.0 cm³/mol. The summed E-state index contributed by atoms with van der Waals surface area (Å²) < 4.78 is 5.18. The minimum Gasteiger partial charge on any atom is -0.458 e. The number of carbonyl (C=O) groups is 2. The molecule has 0 aromatic rings. The molecule has 0 bridgehead atoms. The summed E-state index contributed by atoms with van der Waals surface area (Å²) in [6.45, 7) is 5.89. The smallest absolute Gasteiger partial charge is 0.336 e. The number of rotatable bonds is 2. The van der Waals surface area contributed by atoms with Crippen molar-refractivity contribution in [3.63, 3.8) is 0 Å². The van der Waals surface area contributed by atoms with Crippen molar-refractivity contribution in [1.29, 1.82) is 0 Å². The molecule has 0 spiro atoms. The maximum Gasteiger partial charge on any atom is 0.336 e. The van der Waals surface area contributed by atoms with Gasteiger partial charge in [-0.25, -0.2) is 4.79 Å². The van der Waals surface area contributed by atoms with Crippen LogP contribution in [0.5, 0.6) is 0 Å². The zero-order valence-corrected chi connectivity index (χ0v) is 9.42. The Morgan fingerprint density at radius 3 is 2.33 bits per heavy atom. The standard InChI is InChI=1S/C10H18N2O3/c1-9(2,3)15-8(14)10(7(11)13)5-4-6-12-10/h12H,4-6H2,1-3H3,(H2,11,13)/t10-/m1/s1. The van der Waals surface area contributed by atoms with Crippen LogP contribution in [-0.4, -0.2) is 29.6 Å². The molecule has 0 aromatic heterocycles. The van der Waals surface area contributed by atoms with Gasteiger partial charge in [0, 0.05) is 0 Å². The molecule has 1 atom stereocenters. The second-order valence-corrected chi connectivity index (χ2v) is 4.80. The van der Waals surface area contributed by atoms with E-state index in [1.165, 1.54) is 0 Å². The van der Waals surface area contributed by atoms with Crippen LogP contribution in [0.1, 0.15) is 33.6 Å². The molecule has 1 heterocycles. The van der Waals surface area contributed by atoms with Gasteiger partial charge in [0.2, 0.25) is 5.91 Å². The Morgan fingerprint density at radius 1 is 1.40 bits per heavy atom. The van der Waals surface area contributed by atoms with E-state index in [4.69, 9.17) is 10.5 Å². The fraction of sp³-hybridized carbons (Fsp3) is 0.800. The molecule has 0 unspecified atom stereocenters. The summed E-state index contributed by atoms with van der Waals surface area (Å²) in [5.74, 6) is -1.23. The average molecular weight is 214 g/mol. The molecule has 5 nitrogen and oxygen atoms in total. The van der Waals surface area contributed by atoms with E-state index in [1.807, 2.05) is 0 Å². The quantitative estimate of drug-likeness (QED) is 0.498. The first-order valence-electron chi connectivity index (χ1n) is 5.06. The first-order chi connectivity index (χ1) is 6.78. The van der Waals surface area contributed by atoms with Crippen molar-refractivity contribution in [2.45, 2.75) is 44.8 Å². The van der Waals surface area contributed by atoms with E-state index >= 15 is 0 Å². The number of hydrogen-bond donors (Lipinski definition) is 2. The summed E-state index contributed by atoms with van der Waals surface area (Å²) in [5.41, 5.74) is 3.33. The van der Waals surface area contributed by atoms with Crippen LogP contribution in [0.2, 0.25) is 0 Å². The Balaban J connectivity index is 2.82. The Labute approximate surface area is 89.3 Å². The molecule has 5 heteroatoms. The van der Waals surface area contributed by atoms with Gasteiger partial charge in [0.1, 0.15) is 5.60 Å². The number of nitrogens with two attached hydrogens (primary N) is 1. The SMILES string of the molecule is CC(C)(C)OC(=O)[C@]1(C(N)=O)CCCN1. The Morgan fingerprint density at radius 2 is 2.00 bits per heavy atom. The van der Waals surface area contributed by atoms with Crippen molar-refractivity contribution in [2.24, 2.45) is 5.73 Å². The maximum absolute atomic E-state index is 11.8. The molecular weight excluding hydrogens is 196 g/mol. The van der Waals surface area contributed by atoms with Gasteiger partial charge in [-0.3, -0.25) is 10.1 Å². The minimum absolute atomic E-state index is 0.414. The van der Waals surface area contributed by atoms with E-state index in [0.29, 0.717) is 13.0 Å². The monoisotopic (exact) mass is 214 g/mol. The van der Waals surface area contributed by atoms with E-state index in [0.717, 1.165) is 6.42 Å². The summed E-state index contributed by atoms with van der Waals surface area (Å²) in [4.78, 5) is 23.1. The zero-order chi connectivity index (χ0) is 11.7. The molecule has 1 fully saturated rings. The first kappa shape index (κ1) is 12.0. The Bertz CT molecular complexity index is 275. The Kier molecular flexibility index (Phi) is 3.04. The molecule has 1 amide bonds. The van der Waals surface area contributed by atoms with Gasteiger partial charge < -0.3 is 10.5 Å². The van der Waals surface area contributed by atoms with Gasteiger partial charge in [-0.05, 0) is 40.2 Å². The molecule has 0 aromatic carbocycles. The largest absolute Gasteiger partial charge is 0.458 e. The third-order valence-corrected chi connectivity index (χ3v) is 2.32. The molecule has 0 radical (unpaired) electrons. The summed E-state index contributed by atoms with van der Waals surface area (Å²) in [5, 5.41) is 2.84. The lowest BCUT2D eigenvalue weighted by Crippen LogP contribution is -2.59. The highest BCUT2D eigenvalue weighted by molar-refractivity contribution is 6.07. The van der Waals surface area contributed by atoms with Crippen LogP contribution in [-0.2, 0) is 14.3 Å². The topological polar surface area (TPSA) is 81.4 Å². The molecule has 1 rings (SSSR count). The van der Waals surface area contributed by atoms with Crippen LogP contribution in [0.3, 0.4) is 0 Å². The zero-order valence-electron chi connectivity index (χ0n) is 9.42.